The molecular formula is C26H23BrCl2N2O5. The Morgan fingerprint density at radius 3 is 2.36 bits per heavy atom. The molecule has 1 saturated heterocycles. The molecule has 0 aromatic heterocycles. The topological polar surface area (TPSA) is 92.8 Å². The molecule has 188 valence electrons. The molecule has 3 amide bonds. The van der Waals surface area contributed by atoms with Gasteiger partial charge in [0.25, 0.3) is 5.91 Å². The quantitative estimate of drug-likeness (QED) is 0.296. The monoisotopic (exact) mass is 592 g/mol. The van der Waals surface area contributed by atoms with Gasteiger partial charge in [0.2, 0.25) is 11.8 Å². The van der Waals surface area contributed by atoms with E-state index in [0.717, 1.165) is 21.4 Å². The Morgan fingerprint density at radius 1 is 1.06 bits per heavy atom. The van der Waals surface area contributed by atoms with E-state index in [0.29, 0.717) is 12.1 Å². The largest absolute Gasteiger partial charge is 0.452 e. The summed E-state index contributed by atoms with van der Waals surface area (Å²) in [5.41, 5.74) is 2.00. The number of aryl methyl sites for hydroxylation is 1. The number of imide groups is 1. The Balaban J connectivity index is 1.26. The third kappa shape index (κ3) is 4.23. The Bertz CT molecular complexity index is 1240. The molecule has 2 saturated carbocycles. The molecule has 7 nitrogen and oxygen atoms in total. The Labute approximate surface area is 226 Å². The molecule has 5 rings (SSSR count). The van der Waals surface area contributed by atoms with E-state index in [1.54, 1.807) is 18.2 Å². The number of amides is 3. The standard InChI is InChI=1S/C26H23BrCl2N2O5/c1-2-12-8-14(27)6-7-18(12)30-19(32)11-36-26(35)13-4-3-5-15(9-13)31-24(33)20-16-10-17(21(20)25(31)34)23(29)22(16)28/h3-9,16-17,20-23H,2,10-11H2,1H3,(H,30,32)/t16-,17-,20-,21-,22-,23+/m1/s1. The summed E-state index contributed by atoms with van der Waals surface area (Å²) in [5.74, 6) is -3.05. The molecule has 3 fully saturated rings. The lowest BCUT2D eigenvalue weighted by Gasteiger charge is -2.28. The van der Waals surface area contributed by atoms with Gasteiger partial charge in [0.1, 0.15) is 0 Å². The van der Waals surface area contributed by atoms with Crippen molar-refractivity contribution in [2.24, 2.45) is 23.7 Å². The van der Waals surface area contributed by atoms with Crippen LogP contribution in [0.25, 0.3) is 0 Å². The van der Waals surface area contributed by atoms with Gasteiger partial charge in [-0.15, -0.1) is 23.2 Å². The number of carbonyl (C=O) groups excluding carboxylic acids is 4. The predicted molar refractivity (Wildman–Crippen MR) is 139 cm³/mol. The normalized spacial score (nSPS) is 28.4. The van der Waals surface area contributed by atoms with Crippen LogP contribution < -0.4 is 10.2 Å². The van der Waals surface area contributed by atoms with Crippen molar-refractivity contribution in [2.75, 3.05) is 16.8 Å². The van der Waals surface area contributed by atoms with Gasteiger partial charge in [0.05, 0.1) is 33.8 Å². The Morgan fingerprint density at radius 2 is 1.72 bits per heavy atom. The van der Waals surface area contributed by atoms with Crippen LogP contribution in [0.4, 0.5) is 11.4 Å². The molecule has 2 aromatic carbocycles. The molecule has 1 heterocycles. The van der Waals surface area contributed by atoms with Crippen molar-refractivity contribution in [3.05, 3.63) is 58.1 Å². The number of esters is 1. The fraction of sp³-hybridized carbons (Fsp3) is 0.385. The minimum absolute atomic E-state index is 0.128. The average molecular weight is 594 g/mol. The van der Waals surface area contributed by atoms with Crippen molar-refractivity contribution in [3.8, 4) is 0 Å². The third-order valence-electron chi connectivity index (χ3n) is 7.38. The number of anilines is 2. The fourth-order valence-corrected chi connectivity index (χ4v) is 7.05. The SMILES string of the molecule is CCc1cc(Br)ccc1NC(=O)COC(=O)c1cccc(N2C(=O)[C@@H]3[C@H]4C[C@@H]([C@@H](Cl)[C@H]4Cl)[C@H]3C2=O)c1. The molecule has 2 bridgehead atoms. The van der Waals surface area contributed by atoms with Crippen LogP contribution in [-0.2, 0) is 25.5 Å². The molecule has 0 unspecified atom stereocenters. The summed E-state index contributed by atoms with van der Waals surface area (Å²) in [5, 5.41) is 2.07. The minimum atomic E-state index is -0.737. The van der Waals surface area contributed by atoms with E-state index in [9.17, 15) is 19.2 Å². The summed E-state index contributed by atoms with van der Waals surface area (Å²) in [6.45, 7) is 1.49. The van der Waals surface area contributed by atoms with Crippen molar-refractivity contribution in [2.45, 2.75) is 30.5 Å². The second-order valence-electron chi connectivity index (χ2n) is 9.35. The minimum Gasteiger partial charge on any atom is -0.452 e. The number of carbonyl (C=O) groups is 4. The number of benzene rings is 2. The summed E-state index contributed by atoms with van der Waals surface area (Å²) < 4.78 is 6.10. The van der Waals surface area contributed by atoms with Crippen molar-refractivity contribution < 1.29 is 23.9 Å². The van der Waals surface area contributed by atoms with Gasteiger partial charge in [-0.2, -0.15) is 0 Å². The second kappa shape index (κ2) is 9.80. The highest BCUT2D eigenvalue weighted by Gasteiger charge is 2.66. The van der Waals surface area contributed by atoms with Gasteiger partial charge in [0.15, 0.2) is 6.61 Å². The Kier molecular flexibility index (Phi) is 6.87. The van der Waals surface area contributed by atoms with Gasteiger partial charge in [0, 0.05) is 10.2 Å². The zero-order valence-electron chi connectivity index (χ0n) is 19.2. The molecule has 36 heavy (non-hydrogen) atoms. The van der Waals surface area contributed by atoms with Gasteiger partial charge in [-0.25, -0.2) is 4.79 Å². The molecule has 1 N–H and O–H groups in total. The molecule has 6 atom stereocenters. The molecule has 0 spiro atoms. The summed E-state index contributed by atoms with van der Waals surface area (Å²) in [7, 11) is 0. The zero-order chi connectivity index (χ0) is 25.7. The van der Waals surface area contributed by atoms with Gasteiger partial charge in [-0.3, -0.25) is 19.3 Å². The maximum absolute atomic E-state index is 13.2. The third-order valence-corrected chi connectivity index (χ3v) is 9.20. The maximum Gasteiger partial charge on any atom is 0.338 e. The molecular weight excluding hydrogens is 571 g/mol. The lowest BCUT2D eigenvalue weighted by molar-refractivity contribution is -0.123. The highest BCUT2D eigenvalue weighted by molar-refractivity contribution is 9.10. The molecule has 0 radical (unpaired) electrons. The highest BCUT2D eigenvalue weighted by Crippen LogP contribution is 2.59. The zero-order valence-corrected chi connectivity index (χ0v) is 22.3. The van der Waals surface area contributed by atoms with Crippen LogP contribution in [-0.4, -0.2) is 41.1 Å². The molecule has 2 aromatic rings. The number of ether oxygens (including phenoxy) is 1. The lowest BCUT2D eigenvalue weighted by Crippen LogP contribution is -2.37. The van der Waals surface area contributed by atoms with E-state index >= 15 is 0 Å². The predicted octanol–water partition coefficient (Wildman–Crippen LogP) is 4.78. The van der Waals surface area contributed by atoms with Crippen LogP contribution in [0.5, 0.6) is 0 Å². The summed E-state index contributed by atoms with van der Waals surface area (Å²) in [4.78, 5) is 52.6. The van der Waals surface area contributed by atoms with Gasteiger partial charge < -0.3 is 10.1 Å². The number of fused-ring (bicyclic) bond motifs is 5. The van der Waals surface area contributed by atoms with Gasteiger partial charge >= 0.3 is 5.97 Å². The first-order chi connectivity index (χ1) is 17.2. The average Bonchev–Trinajstić information content (AvgIpc) is 3.48. The van der Waals surface area contributed by atoms with Crippen molar-refractivity contribution in [3.63, 3.8) is 0 Å². The first kappa shape index (κ1) is 25.2. The van der Waals surface area contributed by atoms with Gasteiger partial charge in [-0.05, 0) is 66.6 Å². The van der Waals surface area contributed by atoms with E-state index in [4.69, 9.17) is 27.9 Å². The molecule has 2 aliphatic carbocycles. The Hall–Kier alpha value is -2.42. The number of rotatable bonds is 6. The summed E-state index contributed by atoms with van der Waals surface area (Å²) in [6.07, 6.45) is 1.40. The molecule has 10 heteroatoms. The molecule has 1 aliphatic heterocycles. The van der Waals surface area contributed by atoms with Crippen LogP contribution in [0.2, 0.25) is 0 Å². The summed E-state index contributed by atoms with van der Waals surface area (Å²) in [6, 6.07) is 11.6. The number of hydrogen-bond donors (Lipinski definition) is 1. The first-order valence-corrected chi connectivity index (χ1v) is 13.4. The van der Waals surface area contributed by atoms with Crippen LogP contribution in [0.3, 0.4) is 0 Å². The number of hydrogen-bond acceptors (Lipinski definition) is 5. The van der Waals surface area contributed by atoms with Crippen molar-refractivity contribution in [1.29, 1.82) is 0 Å². The smallest absolute Gasteiger partial charge is 0.338 e. The maximum atomic E-state index is 13.2. The fourth-order valence-electron chi connectivity index (χ4n) is 5.75. The number of nitrogens with one attached hydrogen (secondary N) is 1. The molecule has 3 aliphatic rings. The number of halogens is 3. The summed E-state index contributed by atoms with van der Waals surface area (Å²) >= 11 is 16.3. The van der Waals surface area contributed by atoms with Crippen molar-refractivity contribution >= 4 is 74.2 Å². The van der Waals surface area contributed by atoms with Crippen LogP contribution in [0, 0.1) is 23.7 Å². The van der Waals surface area contributed by atoms with Crippen LogP contribution in [0.1, 0.15) is 29.3 Å². The first-order valence-electron chi connectivity index (χ1n) is 11.7. The van der Waals surface area contributed by atoms with E-state index in [1.165, 1.54) is 12.1 Å². The number of alkyl halides is 2. The van der Waals surface area contributed by atoms with Crippen molar-refractivity contribution in [1.82, 2.24) is 0 Å². The van der Waals surface area contributed by atoms with Gasteiger partial charge in [-0.1, -0.05) is 28.9 Å². The van der Waals surface area contributed by atoms with E-state index < -0.39 is 30.3 Å². The van der Waals surface area contributed by atoms with Crippen LogP contribution >= 0.6 is 39.1 Å². The van der Waals surface area contributed by atoms with E-state index in [-0.39, 0.29) is 45.7 Å². The van der Waals surface area contributed by atoms with E-state index in [1.807, 2.05) is 19.1 Å². The van der Waals surface area contributed by atoms with Crippen LogP contribution in [0.15, 0.2) is 46.9 Å². The lowest BCUT2D eigenvalue weighted by atomic mass is 9.80. The second-order valence-corrected chi connectivity index (χ2v) is 11.3. The number of nitrogens with zero attached hydrogens (tertiary/aromatic N) is 1. The van der Waals surface area contributed by atoms with E-state index in [2.05, 4.69) is 21.2 Å². The highest BCUT2D eigenvalue weighted by atomic mass is 79.9.